The van der Waals surface area contributed by atoms with Crippen molar-refractivity contribution in [3.63, 3.8) is 0 Å². The molecule has 3 heterocycles. The van der Waals surface area contributed by atoms with E-state index in [2.05, 4.69) is 16.7 Å². The molecule has 4 nitrogen and oxygen atoms in total. The standard InChI is InChI=1S/C17H29NO3S/c1-3-17(20-10-11-21-17)4-2-15(1)13-18-7-12-22-16(14-18)5-8-19-9-6-16/h15H,1-14H2. The smallest absolute Gasteiger partial charge is 0.168 e. The van der Waals surface area contributed by atoms with E-state index < -0.39 is 0 Å². The molecule has 5 heteroatoms. The van der Waals surface area contributed by atoms with Gasteiger partial charge in [0.2, 0.25) is 0 Å². The van der Waals surface area contributed by atoms with E-state index in [4.69, 9.17) is 14.2 Å². The maximum absolute atomic E-state index is 5.86. The average molecular weight is 327 g/mol. The molecule has 1 saturated carbocycles. The largest absolute Gasteiger partial charge is 0.381 e. The van der Waals surface area contributed by atoms with Crippen LogP contribution in [-0.4, -0.2) is 67.2 Å². The molecule has 0 radical (unpaired) electrons. The van der Waals surface area contributed by atoms with Gasteiger partial charge in [0.1, 0.15) is 0 Å². The minimum Gasteiger partial charge on any atom is -0.381 e. The van der Waals surface area contributed by atoms with Gasteiger partial charge in [0, 0.05) is 56.2 Å². The maximum atomic E-state index is 5.86. The third kappa shape index (κ3) is 3.34. The highest BCUT2D eigenvalue weighted by Crippen LogP contribution is 2.41. The molecule has 3 aliphatic heterocycles. The maximum Gasteiger partial charge on any atom is 0.168 e. The van der Waals surface area contributed by atoms with Gasteiger partial charge in [0.25, 0.3) is 0 Å². The third-order valence-corrected chi connectivity index (χ3v) is 7.46. The van der Waals surface area contributed by atoms with Gasteiger partial charge in [0.05, 0.1) is 13.2 Å². The van der Waals surface area contributed by atoms with E-state index in [0.29, 0.717) is 4.75 Å². The van der Waals surface area contributed by atoms with E-state index in [9.17, 15) is 0 Å². The van der Waals surface area contributed by atoms with Crippen LogP contribution in [-0.2, 0) is 14.2 Å². The summed E-state index contributed by atoms with van der Waals surface area (Å²) >= 11 is 2.21. The van der Waals surface area contributed by atoms with E-state index in [1.165, 1.54) is 51.1 Å². The molecule has 126 valence electrons. The number of rotatable bonds is 2. The lowest BCUT2D eigenvalue weighted by atomic mass is 9.84. The van der Waals surface area contributed by atoms with E-state index in [0.717, 1.165) is 45.2 Å². The molecule has 0 aromatic carbocycles. The fraction of sp³-hybridized carbons (Fsp3) is 1.00. The normalized spacial score (nSPS) is 32.7. The van der Waals surface area contributed by atoms with Gasteiger partial charge in [0.15, 0.2) is 5.79 Å². The number of thioether (sulfide) groups is 1. The molecule has 0 bridgehead atoms. The molecule has 0 unspecified atom stereocenters. The highest BCUT2D eigenvalue weighted by Gasteiger charge is 2.42. The zero-order valence-corrected chi connectivity index (χ0v) is 14.4. The second-order valence-corrected chi connectivity index (χ2v) is 8.99. The first-order chi connectivity index (χ1) is 10.8. The molecule has 0 atom stereocenters. The van der Waals surface area contributed by atoms with Crippen molar-refractivity contribution in [3.8, 4) is 0 Å². The van der Waals surface area contributed by atoms with Crippen molar-refractivity contribution in [1.29, 1.82) is 0 Å². The van der Waals surface area contributed by atoms with Crippen LogP contribution in [0.1, 0.15) is 38.5 Å². The molecule has 1 aliphatic carbocycles. The van der Waals surface area contributed by atoms with Crippen LogP contribution in [0.25, 0.3) is 0 Å². The van der Waals surface area contributed by atoms with Crippen molar-refractivity contribution in [2.24, 2.45) is 5.92 Å². The summed E-state index contributed by atoms with van der Waals surface area (Å²) in [6.07, 6.45) is 7.20. The summed E-state index contributed by atoms with van der Waals surface area (Å²) in [6, 6.07) is 0. The molecule has 22 heavy (non-hydrogen) atoms. The van der Waals surface area contributed by atoms with Gasteiger partial charge in [-0.2, -0.15) is 11.8 Å². The lowest BCUT2D eigenvalue weighted by Crippen LogP contribution is -2.51. The Morgan fingerprint density at radius 1 is 0.955 bits per heavy atom. The van der Waals surface area contributed by atoms with E-state index in [1.54, 1.807) is 0 Å². The summed E-state index contributed by atoms with van der Waals surface area (Å²) in [6.45, 7) is 7.32. The second kappa shape index (κ2) is 6.60. The number of hydrogen-bond acceptors (Lipinski definition) is 5. The first kappa shape index (κ1) is 15.7. The summed E-state index contributed by atoms with van der Waals surface area (Å²) in [5, 5.41) is 0. The molecular formula is C17H29NO3S. The molecule has 4 aliphatic rings. The Morgan fingerprint density at radius 2 is 1.68 bits per heavy atom. The molecule has 0 N–H and O–H groups in total. The van der Waals surface area contributed by atoms with Gasteiger partial charge < -0.3 is 19.1 Å². The SMILES string of the molecule is C1CC2(CCO1)CN(CC1CCC3(CC1)OCCO3)CCS2. The van der Waals surface area contributed by atoms with Crippen molar-refractivity contribution in [1.82, 2.24) is 4.90 Å². The van der Waals surface area contributed by atoms with Crippen molar-refractivity contribution >= 4 is 11.8 Å². The summed E-state index contributed by atoms with van der Waals surface area (Å²) in [5.41, 5.74) is 0. The number of hydrogen-bond donors (Lipinski definition) is 0. The van der Waals surface area contributed by atoms with Crippen LogP contribution in [0.15, 0.2) is 0 Å². The van der Waals surface area contributed by atoms with Gasteiger partial charge in [-0.25, -0.2) is 0 Å². The molecule has 4 fully saturated rings. The van der Waals surface area contributed by atoms with Crippen LogP contribution >= 0.6 is 11.8 Å². The second-order valence-electron chi connectivity index (χ2n) is 7.43. The fourth-order valence-corrected chi connectivity index (χ4v) is 6.09. The van der Waals surface area contributed by atoms with Crippen molar-refractivity contribution in [3.05, 3.63) is 0 Å². The zero-order chi connectivity index (χ0) is 14.9. The summed E-state index contributed by atoms with van der Waals surface area (Å²) in [7, 11) is 0. The van der Waals surface area contributed by atoms with E-state index in [-0.39, 0.29) is 5.79 Å². The predicted octanol–water partition coefficient (Wildman–Crippen LogP) is 2.52. The Bertz CT molecular complexity index is 365. The first-order valence-corrected chi connectivity index (χ1v) is 9.98. The van der Waals surface area contributed by atoms with Crippen LogP contribution in [0.2, 0.25) is 0 Å². The van der Waals surface area contributed by atoms with Gasteiger partial charge in [-0.15, -0.1) is 0 Å². The highest BCUT2D eigenvalue weighted by molar-refractivity contribution is 8.00. The van der Waals surface area contributed by atoms with Crippen molar-refractivity contribution in [2.75, 3.05) is 51.8 Å². The fourth-order valence-electron chi connectivity index (χ4n) is 4.58. The van der Waals surface area contributed by atoms with Crippen LogP contribution in [0, 0.1) is 5.92 Å². The molecule has 0 aromatic rings. The Hall–Kier alpha value is 0.190. The van der Waals surface area contributed by atoms with Crippen LogP contribution in [0.5, 0.6) is 0 Å². The molecule has 0 aromatic heterocycles. The minimum atomic E-state index is -0.198. The highest BCUT2D eigenvalue weighted by atomic mass is 32.2. The van der Waals surface area contributed by atoms with Gasteiger partial charge >= 0.3 is 0 Å². The molecule has 3 saturated heterocycles. The predicted molar refractivity (Wildman–Crippen MR) is 88.3 cm³/mol. The van der Waals surface area contributed by atoms with Gasteiger partial charge in [-0.05, 0) is 31.6 Å². The third-order valence-electron chi connectivity index (χ3n) is 5.93. The quantitative estimate of drug-likeness (QED) is 0.778. The average Bonchev–Trinajstić information content (AvgIpc) is 2.99. The van der Waals surface area contributed by atoms with Gasteiger partial charge in [-0.1, -0.05) is 0 Å². The lowest BCUT2D eigenvalue weighted by Gasteiger charge is -2.46. The topological polar surface area (TPSA) is 30.9 Å². The number of ether oxygens (including phenoxy) is 3. The van der Waals surface area contributed by atoms with Gasteiger partial charge in [-0.3, -0.25) is 0 Å². The molecule has 0 amide bonds. The van der Waals surface area contributed by atoms with Crippen LogP contribution < -0.4 is 0 Å². The first-order valence-electron chi connectivity index (χ1n) is 9.00. The Labute approximate surface area is 138 Å². The van der Waals surface area contributed by atoms with Crippen molar-refractivity contribution in [2.45, 2.75) is 49.1 Å². The Morgan fingerprint density at radius 3 is 2.41 bits per heavy atom. The van der Waals surface area contributed by atoms with Crippen LogP contribution in [0.4, 0.5) is 0 Å². The molecule has 4 rings (SSSR count). The van der Waals surface area contributed by atoms with E-state index >= 15 is 0 Å². The Balaban J connectivity index is 1.28. The van der Waals surface area contributed by atoms with Crippen LogP contribution in [0.3, 0.4) is 0 Å². The Kier molecular flexibility index (Phi) is 4.71. The summed E-state index contributed by atoms with van der Waals surface area (Å²) in [4.78, 5) is 2.74. The monoisotopic (exact) mass is 327 g/mol. The minimum absolute atomic E-state index is 0.198. The molecule has 2 spiro atoms. The van der Waals surface area contributed by atoms with E-state index in [1.807, 2.05) is 0 Å². The lowest BCUT2D eigenvalue weighted by molar-refractivity contribution is -0.183. The zero-order valence-electron chi connectivity index (χ0n) is 13.6. The summed E-state index contributed by atoms with van der Waals surface area (Å²) < 4.78 is 17.8. The summed E-state index contributed by atoms with van der Waals surface area (Å²) in [5.74, 6) is 1.93. The van der Waals surface area contributed by atoms with Crippen molar-refractivity contribution < 1.29 is 14.2 Å². The number of nitrogens with zero attached hydrogens (tertiary/aromatic N) is 1. The molecular weight excluding hydrogens is 298 g/mol.